The molecule has 26 heavy (non-hydrogen) atoms. The van der Waals surface area contributed by atoms with E-state index >= 15 is 0 Å². The molecule has 0 amide bonds. The lowest BCUT2D eigenvalue weighted by Gasteiger charge is -2.11. The normalized spacial score (nSPS) is 11.2. The molecule has 0 saturated carbocycles. The minimum atomic E-state index is 0. The maximum absolute atomic E-state index is 6.16. The van der Waals surface area contributed by atoms with Crippen molar-refractivity contribution in [2.24, 2.45) is 7.05 Å². The van der Waals surface area contributed by atoms with E-state index in [9.17, 15) is 0 Å². The highest BCUT2D eigenvalue weighted by atomic mass is 127. The fourth-order valence-electron chi connectivity index (χ4n) is 3.09. The first-order valence-electron chi connectivity index (χ1n) is 8.39. The van der Waals surface area contributed by atoms with Gasteiger partial charge in [0, 0.05) is 31.2 Å². The average molecular weight is 456 g/mol. The number of aryl methyl sites for hydroxylation is 1. The van der Waals surface area contributed by atoms with Crippen LogP contribution in [0.15, 0.2) is 65.1 Å². The Labute approximate surface area is 170 Å². The molecule has 132 valence electrons. The zero-order valence-electron chi connectivity index (χ0n) is 15.1. The van der Waals surface area contributed by atoms with Crippen molar-refractivity contribution in [3.63, 3.8) is 0 Å². The number of anilines is 1. The highest BCUT2D eigenvalue weighted by molar-refractivity contribution is 6.01. The van der Waals surface area contributed by atoms with Crippen LogP contribution in [0.5, 0.6) is 0 Å². The highest BCUT2D eigenvalue weighted by Gasteiger charge is 2.18. The lowest BCUT2D eigenvalue weighted by atomic mass is 10.1. The third-order valence-electron chi connectivity index (χ3n) is 4.59. The molecule has 0 aliphatic carbocycles. The van der Waals surface area contributed by atoms with Crippen LogP contribution in [0.2, 0.25) is 0 Å². The summed E-state index contributed by atoms with van der Waals surface area (Å²) in [4.78, 5) is 2.10. The number of fused-ring (bicyclic) bond motifs is 3. The van der Waals surface area contributed by atoms with Crippen LogP contribution in [0.1, 0.15) is 11.5 Å². The van der Waals surface area contributed by atoms with Gasteiger partial charge < -0.3 is 33.3 Å². The van der Waals surface area contributed by atoms with Crippen molar-refractivity contribution in [3.8, 4) is 0 Å². The van der Waals surface area contributed by atoms with E-state index in [0.29, 0.717) is 0 Å². The summed E-state index contributed by atoms with van der Waals surface area (Å²) in [7, 11) is 6.13. The minimum absolute atomic E-state index is 0. The molecular formula is C22H21IN2O. The van der Waals surface area contributed by atoms with Crippen LogP contribution in [0.4, 0.5) is 5.69 Å². The molecule has 0 unspecified atom stereocenters. The van der Waals surface area contributed by atoms with Gasteiger partial charge >= 0.3 is 5.89 Å². The quantitative estimate of drug-likeness (QED) is 0.345. The van der Waals surface area contributed by atoms with Crippen molar-refractivity contribution in [2.45, 2.75) is 0 Å². The second-order valence-corrected chi connectivity index (χ2v) is 6.45. The summed E-state index contributed by atoms with van der Waals surface area (Å²) in [5.74, 6) is 0.836. The van der Waals surface area contributed by atoms with Gasteiger partial charge in [0.1, 0.15) is 7.05 Å². The molecule has 1 aromatic heterocycles. The molecule has 0 bridgehead atoms. The van der Waals surface area contributed by atoms with E-state index in [0.717, 1.165) is 27.9 Å². The largest absolute Gasteiger partial charge is 1.00 e. The molecule has 0 fully saturated rings. The molecular weight excluding hydrogens is 435 g/mol. The van der Waals surface area contributed by atoms with Gasteiger partial charge in [-0.3, -0.25) is 0 Å². The van der Waals surface area contributed by atoms with E-state index in [1.165, 1.54) is 11.1 Å². The summed E-state index contributed by atoms with van der Waals surface area (Å²) in [5.41, 5.74) is 4.37. The molecule has 3 nitrogen and oxygen atoms in total. The zero-order valence-corrected chi connectivity index (χ0v) is 17.3. The first-order chi connectivity index (χ1) is 12.1. The number of hydrogen-bond acceptors (Lipinski definition) is 2. The molecule has 0 atom stereocenters. The average Bonchev–Trinajstić information content (AvgIpc) is 2.97. The Morgan fingerprint density at radius 3 is 2.35 bits per heavy atom. The molecule has 0 aliphatic heterocycles. The first kappa shape index (κ1) is 18.5. The molecule has 4 rings (SSSR count). The molecule has 3 aromatic carbocycles. The van der Waals surface area contributed by atoms with Gasteiger partial charge in [0.05, 0.1) is 6.08 Å². The summed E-state index contributed by atoms with van der Waals surface area (Å²) in [6, 6.07) is 21.0. The SMILES string of the molecule is CN(C)c1ccc(C=Cc2oc3c4ccccc4ccc3[n+]2C)cc1.[I-]. The predicted octanol–water partition coefficient (Wildman–Crippen LogP) is 1.65. The Kier molecular flexibility index (Phi) is 5.32. The van der Waals surface area contributed by atoms with Gasteiger partial charge in [-0.05, 0) is 35.2 Å². The summed E-state index contributed by atoms with van der Waals surface area (Å²) < 4.78 is 8.25. The molecule has 4 aromatic rings. The van der Waals surface area contributed by atoms with Crippen molar-refractivity contribution in [1.82, 2.24) is 0 Å². The maximum atomic E-state index is 6.16. The number of nitrogens with zero attached hydrogens (tertiary/aromatic N) is 2. The van der Waals surface area contributed by atoms with Crippen molar-refractivity contribution >= 4 is 39.7 Å². The van der Waals surface area contributed by atoms with Gasteiger partial charge in [-0.2, -0.15) is 4.57 Å². The monoisotopic (exact) mass is 456 g/mol. The number of benzene rings is 3. The third kappa shape index (κ3) is 3.33. The van der Waals surface area contributed by atoms with Crippen LogP contribution in [-0.2, 0) is 7.05 Å². The molecule has 0 radical (unpaired) electrons. The zero-order chi connectivity index (χ0) is 17.4. The van der Waals surface area contributed by atoms with E-state index in [2.05, 4.69) is 70.1 Å². The van der Waals surface area contributed by atoms with E-state index in [1.54, 1.807) is 0 Å². The van der Waals surface area contributed by atoms with Crippen molar-refractivity contribution in [3.05, 3.63) is 72.1 Å². The van der Waals surface area contributed by atoms with Crippen LogP contribution in [0, 0.1) is 0 Å². The molecule has 0 N–H and O–H groups in total. The Bertz CT molecular complexity index is 1080. The number of oxazole rings is 1. The van der Waals surface area contributed by atoms with E-state index in [-0.39, 0.29) is 24.0 Å². The Hall–Kier alpha value is -2.34. The van der Waals surface area contributed by atoms with Crippen LogP contribution in [0.25, 0.3) is 34.0 Å². The topological polar surface area (TPSA) is 20.3 Å². The van der Waals surface area contributed by atoms with Crippen LogP contribution >= 0.6 is 0 Å². The maximum Gasteiger partial charge on any atom is 0.373 e. The van der Waals surface area contributed by atoms with Crippen LogP contribution in [0.3, 0.4) is 0 Å². The second-order valence-electron chi connectivity index (χ2n) is 6.45. The van der Waals surface area contributed by atoms with E-state index < -0.39 is 0 Å². The van der Waals surface area contributed by atoms with Gasteiger partial charge in [-0.1, -0.05) is 36.4 Å². The number of hydrogen-bond donors (Lipinski definition) is 0. The summed E-state index contributed by atoms with van der Waals surface area (Å²) >= 11 is 0. The minimum Gasteiger partial charge on any atom is -1.00 e. The number of rotatable bonds is 3. The number of aromatic nitrogens is 1. The number of halogens is 1. The Morgan fingerprint density at radius 1 is 0.885 bits per heavy atom. The van der Waals surface area contributed by atoms with Gasteiger partial charge in [0.2, 0.25) is 5.58 Å². The molecule has 1 heterocycles. The summed E-state index contributed by atoms with van der Waals surface area (Å²) in [5, 5.41) is 2.34. The lowest BCUT2D eigenvalue weighted by Crippen LogP contribution is -3.00. The van der Waals surface area contributed by atoms with Crippen molar-refractivity contribution < 1.29 is 33.0 Å². The highest BCUT2D eigenvalue weighted by Crippen LogP contribution is 2.25. The third-order valence-corrected chi connectivity index (χ3v) is 4.59. The first-order valence-corrected chi connectivity index (χ1v) is 8.39. The van der Waals surface area contributed by atoms with E-state index in [1.807, 2.05) is 33.3 Å². The fraction of sp³-hybridized carbons (Fsp3) is 0.136. The molecule has 4 heteroatoms. The van der Waals surface area contributed by atoms with Gasteiger partial charge in [-0.25, -0.2) is 0 Å². The standard InChI is InChI=1S/C22H21N2O.HI/c1-23(2)18-12-8-16(9-13-18)10-15-21-24(3)20-14-11-17-6-4-5-7-19(17)22(20)25-21;/h4-15H,1-3H3;1H/q+1;/p-1. The summed E-state index contributed by atoms with van der Waals surface area (Å²) in [6.45, 7) is 0. The van der Waals surface area contributed by atoms with Gasteiger partial charge in [-0.15, -0.1) is 0 Å². The molecule has 0 aliphatic rings. The van der Waals surface area contributed by atoms with Crippen LogP contribution in [-0.4, -0.2) is 14.1 Å². The predicted molar refractivity (Wildman–Crippen MR) is 105 cm³/mol. The van der Waals surface area contributed by atoms with Crippen LogP contribution < -0.4 is 33.4 Å². The molecule has 0 saturated heterocycles. The van der Waals surface area contributed by atoms with Gasteiger partial charge in [0.15, 0.2) is 0 Å². The summed E-state index contributed by atoms with van der Waals surface area (Å²) in [6.07, 6.45) is 4.11. The fourth-order valence-corrected chi connectivity index (χ4v) is 3.09. The molecule has 0 spiro atoms. The van der Waals surface area contributed by atoms with Crippen molar-refractivity contribution in [2.75, 3.05) is 19.0 Å². The lowest BCUT2D eigenvalue weighted by molar-refractivity contribution is -0.651. The van der Waals surface area contributed by atoms with Gasteiger partial charge in [0.25, 0.3) is 5.52 Å². The second kappa shape index (κ2) is 7.50. The Morgan fingerprint density at radius 2 is 1.62 bits per heavy atom. The van der Waals surface area contributed by atoms with Crippen molar-refractivity contribution in [1.29, 1.82) is 0 Å². The van der Waals surface area contributed by atoms with E-state index in [4.69, 9.17) is 4.42 Å². The Balaban J connectivity index is 0.00000196. The smallest absolute Gasteiger partial charge is 0.373 e.